The smallest absolute Gasteiger partial charge is 0.288 e. The van der Waals surface area contributed by atoms with Crippen molar-refractivity contribution in [3.8, 4) is 0 Å². The second-order valence-corrected chi connectivity index (χ2v) is 7.90. The first kappa shape index (κ1) is 19.6. The molecular formula is C19H24ClN3O4. The monoisotopic (exact) mass is 393 g/mol. The molecule has 8 heteroatoms. The molecule has 0 spiro atoms. The van der Waals surface area contributed by atoms with Crippen LogP contribution in [0.2, 0.25) is 5.02 Å². The molecule has 1 aliphatic carbocycles. The summed E-state index contributed by atoms with van der Waals surface area (Å²) in [6, 6.07) is 4.07. The molecule has 1 saturated carbocycles. The molecule has 146 valence electrons. The Kier molecular flexibility index (Phi) is 5.99. The second kappa shape index (κ2) is 8.25. The Balaban J connectivity index is 1.65. The van der Waals surface area contributed by atoms with Crippen molar-refractivity contribution >= 4 is 29.1 Å². The van der Waals surface area contributed by atoms with Gasteiger partial charge < -0.3 is 10.6 Å². The SMILES string of the molecule is CCCC1CC(=O)NC2CC(NC(=O)c3ccc(Cl)c([N+](=O)[O-])c3)CCC12. The molecule has 1 aliphatic heterocycles. The standard InChI is InChI=1S/C19H24ClN3O4/c1-2-3-11-9-18(24)22-16-10-13(5-6-14(11)16)21-19(25)12-4-7-15(20)17(8-12)23(26)27/h4,7-8,11,13-14,16H,2-3,5-6,9-10H2,1H3,(H,21,25)(H,22,24). The van der Waals surface area contributed by atoms with Crippen LogP contribution in [0.5, 0.6) is 0 Å². The Labute approximate surface area is 163 Å². The van der Waals surface area contributed by atoms with Gasteiger partial charge in [-0.15, -0.1) is 0 Å². The highest BCUT2D eigenvalue weighted by Gasteiger charge is 2.40. The lowest BCUT2D eigenvalue weighted by molar-refractivity contribution is -0.384. The molecule has 2 fully saturated rings. The van der Waals surface area contributed by atoms with Crippen molar-refractivity contribution in [2.75, 3.05) is 0 Å². The van der Waals surface area contributed by atoms with Crippen molar-refractivity contribution in [2.24, 2.45) is 11.8 Å². The quantitative estimate of drug-likeness (QED) is 0.590. The third kappa shape index (κ3) is 4.40. The number of nitro benzene ring substituents is 1. The van der Waals surface area contributed by atoms with Gasteiger partial charge in [0.25, 0.3) is 11.6 Å². The Morgan fingerprint density at radius 1 is 1.41 bits per heavy atom. The van der Waals surface area contributed by atoms with Crippen LogP contribution in [-0.4, -0.2) is 28.8 Å². The van der Waals surface area contributed by atoms with Gasteiger partial charge in [-0.25, -0.2) is 0 Å². The minimum Gasteiger partial charge on any atom is -0.353 e. The summed E-state index contributed by atoms with van der Waals surface area (Å²) in [5.41, 5.74) is -0.0697. The molecule has 1 saturated heterocycles. The molecular weight excluding hydrogens is 370 g/mol. The van der Waals surface area contributed by atoms with Gasteiger partial charge in [-0.2, -0.15) is 0 Å². The van der Waals surface area contributed by atoms with E-state index in [4.69, 9.17) is 11.6 Å². The Bertz CT molecular complexity index is 754. The van der Waals surface area contributed by atoms with E-state index in [-0.39, 0.29) is 40.2 Å². The number of nitro groups is 1. The zero-order valence-corrected chi connectivity index (χ0v) is 16.0. The maximum atomic E-state index is 12.5. The molecule has 27 heavy (non-hydrogen) atoms. The summed E-state index contributed by atoms with van der Waals surface area (Å²) in [5.74, 6) is 0.622. The Morgan fingerprint density at radius 3 is 2.89 bits per heavy atom. The summed E-state index contributed by atoms with van der Waals surface area (Å²) in [4.78, 5) is 34.9. The number of halogens is 1. The van der Waals surface area contributed by atoms with Gasteiger partial charge in [-0.05, 0) is 49.7 Å². The normalized spacial score (nSPS) is 27.4. The van der Waals surface area contributed by atoms with Crippen molar-refractivity contribution in [3.63, 3.8) is 0 Å². The third-order valence-electron chi connectivity index (χ3n) is 5.70. The van der Waals surface area contributed by atoms with E-state index in [1.54, 1.807) is 0 Å². The van der Waals surface area contributed by atoms with Gasteiger partial charge in [0.1, 0.15) is 5.02 Å². The van der Waals surface area contributed by atoms with Crippen molar-refractivity contribution in [2.45, 2.75) is 57.5 Å². The molecule has 4 atom stereocenters. The lowest BCUT2D eigenvalue weighted by atomic mass is 9.70. The highest BCUT2D eigenvalue weighted by Crippen LogP contribution is 2.37. The summed E-state index contributed by atoms with van der Waals surface area (Å²) in [6.07, 6.45) is 5.22. The van der Waals surface area contributed by atoms with Gasteiger partial charge in [0.05, 0.1) is 4.92 Å². The number of piperidine rings is 1. The second-order valence-electron chi connectivity index (χ2n) is 7.50. The van der Waals surface area contributed by atoms with Gasteiger partial charge in [-0.3, -0.25) is 19.7 Å². The minimum atomic E-state index is -0.601. The predicted octanol–water partition coefficient (Wildman–Crippen LogP) is 3.45. The van der Waals surface area contributed by atoms with Crippen molar-refractivity contribution in [1.82, 2.24) is 10.6 Å². The van der Waals surface area contributed by atoms with Crippen LogP contribution in [0.3, 0.4) is 0 Å². The maximum absolute atomic E-state index is 12.5. The maximum Gasteiger partial charge on any atom is 0.288 e. The molecule has 0 bridgehead atoms. The molecule has 0 radical (unpaired) electrons. The van der Waals surface area contributed by atoms with Crippen LogP contribution in [0.4, 0.5) is 5.69 Å². The van der Waals surface area contributed by atoms with E-state index < -0.39 is 4.92 Å². The fraction of sp³-hybridized carbons (Fsp3) is 0.579. The number of carbonyl (C=O) groups excluding carboxylic acids is 2. The number of nitrogens with one attached hydrogen (secondary N) is 2. The average Bonchev–Trinajstić information content (AvgIpc) is 2.61. The van der Waals surface area contributed by atoms with Crippen LogP contribution in [0, 0.1) is 22.0 Å². The highest BCUT2D eigenvalue weighted by atomic mass is 35.5. The summed E-state index contributed by atoms with van der Waals surface area (Å²) in [5, 5.41) is 17.1. The van der Waals surface area contributed by atoms with E-state index in [9.17, 15) is 19.7 Å². The van der Waals surface area contributed by atoms with Crippen LogP contribution < -0.4 is 10.6 Å². The topological polar surface area (TPSA) is 101 Å². The summed E-state index contributed by atoms with van der Waals surface area (Å²) in [6.45, 7) is 2.14. The van der Waals surface area contributed by atoms with Gasteiger partial charge in [0.15, 0.2) is 0 Å². The zero-order chi connectivity index (χ0) is 19.6. The number of hydrogen-bond acceptors (Lipinski definition) is 4. The largest absolute Gasteiger partial charge is 0.353 e. The van der Waals surface area contributed by atoms with Crippen molar-refractivity contribution < 1.29 is 14.5 Å². The van der Waals surface area contributed by atoms with E-state index >= 15 is 0 Å². The first-order valence-corrected chi connectivity index (χ1v) is 9.81. The van der Waals surface area contributed by atoms with E-state index in [2.05, 4.69) is 17.6 Å². The van der Waals surface area contributed by atoms with Gasteiger partial charge >= 0.3 is 0 Å². The average molecular weight is 394 g/mol. The van der Waals surface area contributed by atoms with Crippen LogP contribution in [0.15, 0.2) is 18.2 Å². The summed E-state index contributed by atoms with van der Waals surface area (Å²) >= 11 is 5.80. The van der Waals surface area contributed by atoms with Gasteiger partial charge in [0.2, 0.25) is 5.91 Å². The van der Waals surface area contributed by atoms with E-state index in [0.717, 1.165) is 25.7 Å². The fourth-order valence-electron chi connectivity index (χ4n) is 4.46. The molecule has 2 aliphatic rings. The minimum absolute atomic E-state index is 0.00365. The third-order valence-corrected chi connectivity index (χ3v) is 6.02. The molecule has 1 aromatic carbocycles. The molecule has 4 unspecified atom stereocenters. The number of fused-ring (bicyclic) bond motifs is 1. The zero-order valence-electron chi connectivity index (χ0n) is 15.2. The molecule has 1 heterocycles. The van der Waals surface area contributed by atoms with Crippen molar-refractivity contribution in [3.05, 3.63) is 38.9 Å². The number of carbonyl (C=O) groups is 2. The van der Waals surface area contributed by atoms with E-state index in [1.165, 1.54) is 18.2 Å². The number of benzene rings is 1. The number of hydrogen-bond donors (Lipinski definition) is 2. The lowest BCUT2D eigenvalue weighted by Crippen LogP contribution is -2.55. The first-order valence-electron chi connectivity index (χ1n) is 9.43. The van der Waals surface area contributed by atoms with Crippen LogP contribution >= 0.6 is 11.6 Å². The van der Waals surface area contributed by atoms with Crippen LogP contribution in [0.25, 0.3) is 0 Å². The molecule has 3 rings (SSSR count). The molecule has 2 N–H and O–H groups in total. The number of nitrogens with zero attached hydrogens (tertiary/aromatic N) is 1. The molecule has 2 amide bonds. The van der Waals surface area contributed by atoms with E-state index in [1.807, 2.05) is 0 Å². The molecule has 0 aromatic heterocycles. The summed E-state index contributed by atoms with van der Waals surface area (Å²) in [7, 11) is 0. The number of rotatable bonds is 5. The van der Waals surface area contributed by atoms with Gasteiger partial charge in [0, 0.05) is 30.1 Å². The Morgan fingerprint density at radius 2 is 2.19 bits per heavy atom. The lowest BCUT2D eigenvalue weighted by Gasteiger charge is -2.44. The van der Waals surface area contributed by atoms with Crippen molar-refractivity contribution in [1.29, 1.82) is 0 Å². The fourth-order valence-corrected chi connectivity index (χ4v) is 4.65. The highest BCUT2D eigenvalue weighted by molar-refractivity contribution is 6.32. The summed E-state index contributed by atoms with van der Waals surface area (Å²) < 4.78 is 0. The van der Waals surface area contributed by atoms with Crippen LogP contribution in [0.1, 0.15) is 55.8 Å². The van der Waals surface area contributed by atoms with E-state index in [0.29, 0.717) is 24.7 Å². The molecule has 1 aromatic rings. The van der Waals surface area contributed by atoms with Crippen LogP contribution in [-0.2, 0) is 4.79 Å². The number of amides is 2. The first-order chi connectivity index (χ1) is 12.9. The predicted molar refractivity (Wildman–Crippen MR) is 102 cm³/mol. The molecule has 7 nitrogen and oxygen atoms in total. The Hall–Kier alpha value is -2.15. The van der Waals surface area contributed by atoms with Gasteiger partial charge in [-0.1, -0.05) is 24.9 Å².